The summed E-state index contributed by atoms with van der Waals surface area (Å²) in [4.78, 5) is 18.0. The molecule has 10 heteroatoms. The van der Waals surface area contributed by atoms with E-state index in [-0.39, 0.29) is 17.6 Å². The Hall–Kier alpha value is -4.28. The van der Waals surface area contributed by atoms with Crippen molar-refractivity contribution in [1.29, 1.82) is 0 Å². The lowest BCUT2D eigenvalue weighted by atomic mass is 9.74. The number of anilines is 2. The highest BCUT2D eigenvalue weighted by atomic mass is 32.2. The van der Waals surface area contributed by atoms with Crippen LogP contribution in [0.5, 0.6) is 5.75 Å². The molecule has 1 aliphatic rings. The number of nitrogens with one attached hydrogen (secondary N) is 2. The van der Waals surface area contributed by atoms with E-state index >= 15 is 0 Å². The largest absolute Gasteiger partial charge is 0.488 e. The molecule has 5 rings (SSSR count). The first-order chi connectivity index (χ1) is 22.4. The Kier molecular flexibility index (Phi) is 10.3. The Labute approximate surface area is 279 Å². The van der Waals surface area contributed by atoms with Crippen LogP contribution in [0.2, 0.25) is 0 Å². The van der Waals surface area contributed by atoms with Crippen LogP contribution in [-0.4, -0.2) is 44.1 Å². The number of nitrogen functional groups attached to an aromatic ring is 1. The fraction of sp³-hybridized carbons (Fsp3) is 0.351. The molecule has 0 fully saturated rings. The van der Waals surface area contributed by atoms with Gasteiger partial charge in [0.25, 0.3) is 5.91 Å². The molecule has 1 amide bonds. The number of aryl methyl sites for hydroxylation is 1. The summed E-state index contributed by atoms with van der Waals surface area (Å²) in [5.41, 5.74) is 12.3. The minimum Gasteiger partial charge on any atom is -0.488 e. The van der Waals surface area contributed by atoms with Gasteiger partial charge in [0.15, 0.2) is 0 Å². The Balaban J connectivity index is 1.58. The van der Waals surface area contributed by atoms with Gasteiger partial charge in [-0.3, -0.25) is 9.78 Å². The maximum atomic E-state index is 14.0. The first-order valence-corrected chi connectivity index (χ1v) is 17.1. The van der Waals surface area contributed by atoms with Crippen LogP contribution in [0.15, 0.2) is 78.0 Å². The van der Waals surface area contributed by atoms with Crippen LogP contribution in [0.4, 0.5) is 15.8 Å². The van der Waals surface area contributed by atoms with Crippen molar-refractivity contribution in [3.8, 4) is 5.75 Å². The van der Waals surface area contributed by atoms with Crippen LogP contribution in [0.25, 0.3) is 0 Å². The number of fused-ring (bicyclic) bond motifs is 1. The number of hydrogen-bond acceptors (Lipinski definition) is 6. The lowest BCUT2D eigenvalue weighted by Crippen LogP contribution is -2.48. The lowest BCUT2D eigenvalue weighted by molar-refractivity contribution is 0.0905. The van der Waals surface area contributed by atoms with Gasteiger partial charge in [0.2, 0.25) is 0 Å². The number of halogens is 1. The van der Waals surface area contributed by atoms with Crippen molar-refractivity contribution in [3.05, 3.63) is 112 Å². The van der Waals surface area contributed by atoms with Crippen molar-refractivity contribution in [2.75, 3.05) is 24.1 Å². The van der Waals surface area contributed by atoms with Crippen molar-refractivity contribution < 1.29 is 18.1 Å². The molecular formula is C37H44FN5O3S. The second-order valence-electron chi connectivity index (χ2n) is 12.6. The van der Waals surface area contributed by atoms with E-state index in [2.05, 4.69) is 53.7 Å². The molecule has 1 aliphatic heterocycles. The number of carbonyl (C=O) groups excluding carboxylic acids is 1. The summed E-state index contributed by atoms with van der Waals surface area (Å²) in [6.07, 6.45) is 3.10. The molecule has 0 saturated carbocycles. The molecule has 8 nitrogen and oxygen atoms in total. The molecule has 1 aromatic heterocycles. The van der Waals surface area contributed by atoms with Crippen LogP contribution >= 0.6 is 0 Å². The van der Waals surface area contributed by atoms with E-state index in [4.69, 9.17) is 10.5 Å². The quantitative estimate of drug-likeness (QED) is 0.160. The third-order valence-electron chi connectivity index (χ3n) is 8.84. The van der Waals surface area contributed by atoms with Crippen molar-refractivity contribution in [2.45, 2.75) is 77.0 Å². The van der Waals surface area contributed by atoms with E-state index < -0.39 is 28.2 Å². The Morgan fingerprint density at radius 2 is 1.89 bits per heavy atom. The fourth-order valence-corrected chi connectivity index (χ4v) is 7.59. The summed E-state index contributed by atoms with van der Waals surface area (Å²) in [6, 6.07) is 19.0. The number of nitrogens with zero attached hydrogens (tertiary/aromatic N) is 2. The number of nitrogens with two attached hydrogens (primary N) is 1. The number of pyridine rings is 1. The van der Waals surface area contributed by atoms with Gasteiger partial charge in [-0.2, -0.15) is 0 Å². The maximum absolute atomic E-state index is 14.0. The standard InChI is InChI=1S/C37H44FN5O3S/c1-7-29-22-43(47(45)33-12-10-9-11-32(33)46-29)21-27-17-25(14-13-23(27)3)34(30-15-16-31(41-8-2)35(39)24(30)4)37(5,6)42-36(44)26-18-28(38)20-40-19-26/h9-20,29,34,41H,7-8,21-22,39H2,1-6H3,(H,42,44)/t29-,34?,47?/m1/s1. The predicted molar refractivity (Wildman–Crippen MR) is 186 cm³/mol. The molecule has 0 aliphatic carbocycles. The van der Waals surface area contributed by atoms with Gasteiger partial charge >= 0.3 is 0 Å². The van der Waals surface area contributed by atoms with Gasteiger partial charge in [-0.1, -0.05) is 43.3 Å². The van der Waals surface area contributed by atoms with E-state index in [0.717, 1.165) is 52.7 Å². The van der Waals surface area contributed by atoms with Crippen molar-refractivity contribution in [3.63, 3.8) is 0 Å². The Morgan fingerprint density at radius 3 is 2.62 bits per heavy atom. The summed E-state index contributed by atoms with van der Waals surface area (Å²) in [5, 5.41) is 6.49. The first kappa shape index (κ1) is 34.1. The van der Waals surface area contributed by atoms with Crippen molar-refractivity contribution >= 4 is 28.3 Å². The molecule has 3 atom stereocenters. The number of benzene rings is 3. The first-order valence-electron chi connectivity index (χ1n) is 16.0. The molecular weight excluding hydrogens is 614 g/mol. The van der Waals surface area contributed by atoms with Gasteiger partial charge in [0, 0.05) is 37.3 Å². The SMILES string of the molecule is CCNc1ccc(C(c2ccc(C)c(CN3C[C@@H](CC)Oc4ccccc4S3=O)c2)C(C)(C)NC(=O)c2cncc(F)c2)c(C)c1N. The second-order valence-corrected chi connectivity index (χ2v) is 14.1. The maximum Gasteiger partial charge on any atom is 0.253 e. The molecule has 2 heterocycles. The average molecular weight is 658 g/mol. The number of hydrogen-bond donors (Lipinski definition) is 3. The number of para-hydroxylation sites is 1. The molecule has 2 unspecified atom stereocenters. The number of ether oxygens (including phenoxy) is 1. The van der Waals surface area contributed by atoms with Crippen LogP contribution in [0.1, 0.15) is 78.2 Å². The fourth-order valence-electron chi connectivity index (χ4n) is 6.27. The number of amides is 1. The lowest BCUT2D eigenvalue weighted by Gasteiger charge is -2.38. The molecule has 0 bridgehead atoms. The Morgan fingerprint density at radius 1 is 1.13 bits per heavy atom. The van der Waals surface area contributed by atoms with E-state index in [0.29, 0.717) is 29.4 Å². The normalized spacial score (nSPS) is 17.3. The average Bonchev–Trinajstić information content (AvgIpc) is 3.17. The second kappa shape index (κ2) is 14.2. The highest BCUT2D eigenvalue weighted by Gasteiger charge is 2.36. The van der Waals surface area contributed by atoms with E-state index in [9.17, 15) is 13.4 Å². The van der Waals surface area contributed by atoms with Gasteiger partial charge in [0.05, 0.1) is 28.0 Å². The summed E-state index contributed by atoms with van der Waals surface area (Å²) in [7, 11) is -1.42. The highest BCUT2D eigenvalue weighted by Crippen LogP contribution is 2.41. The molecule has 0 spiro atoms. The van der Waals surface area contributed by atoms with E-state index in [1.807, 2.05) is 62.3 Å². The van der Waals surface area contributed by atoms with E-state index in [1.54, 1.807) is 0 Å². The zero-order valence-electron chi connectivity index (χ0n) is 27.9. The highest BCUT2D eigenvalue weighted by molar-refractivity contribution is 7.82. The molecule has 3 aromatic carbocycles. The molecule has 4 aromatic rings. The molecule has 47 heavy (non-hydrogen) atoms. The van der Waals surface area contributed by atoms with Gasteiger partial charge in [-0.05, 0) is 93.1 Å². The summed E-state index contributed by atoms with van der Waals surface area (Å²) < 4.78 is 36.1. The summed E-state index contributed by atoms with van der Waals surface area (Å²) >= 11 is 0. The van der Waals surface area contributed by atoms with Gasteiger partial charge < -0.3 is 21.1 Å². The minimum absolute atomic E-state index is 0.105. The number of rotatable bonds is 10. The molecule has 0 saturated heterocycles. The van der Waals surface area contributed by atoms with Crippen LogP contribution < -0.4 is 21.1 Å². The van der Waals surface area contributed by atoms with Crippen LogP contribution in [0, 0.1) is 19.7 Å². The zero-order valence-corrected chi connectivity index (χ0v) is 28.7. The van der Waals surface area contributed by atoms with Crippen molar-refractivity contribution in [1.82, 2.24) is 14.6 Å². The number of aromatic nitrogens is 1. The zero-order chi connectivity index (χ0) is 33.9. The predicted octanol–water partition coefficient (Wildman–Crippen LogP) is 6.89. The smallest absolute Gasteiger partial charge is 0.253 e. The van der Waals surface area contributed by atoms with E-state index in [1.165, 1.54) is 12.3 Å². The Bertz CT molecular complexity index is 1800. The summed E-state index contributed by atoms with van der Waals surface area (Å²) in [6.45, 7) is 13.7. The minimum atomic E-state index is -1.42. The monoisotopic (exact) mass is 657 g/mol. The van der Waals surface area contributed by atoms with Gasteiger partial charge in [-0.15, -0.1) is 0 Å². The van der Waals surface area contributed by atoms with Crippen LogP contribution in [-0.2, 0) is 17.5 Å². The molecule has 248 valence electrons. The van der Waals surface area contributed by atoms with Crippen LogP contribution in [0.3, 0.4) is 0 Å². The molecule has 4 N–H and O–H groups in total. The third-order valence-corrected chi connectivity index (χ3v) is 10.3. The third kappa shape index (κ3) is 7.34. The number of carbonyl (C=O) groups is 1. The summed E-state index contributed by atoms with van der Waals surface area (Å²) in [5.74, 6) is -0.710. The van der Waals surface area contributed by atoms with Gasteiger partial charge in [0.1, 0.15) is 28.7 Å². The topological polar surface area (TPSA) is 110 Å². The van der Waals surface area contributed by atoms with Crippen molar-refractivity contribution in [2.24, 2.45) is 0 Å². The van der Waals surface area contributed by atoms with Gasteiger partial charge in [-0.25, -0.2) is 12.9 Å². The molecule has 0 radical (unpaired) electrons.